The standard InChI is InChI=1S/C16H16ClF2NO/c1-10(2)21-15-6-4-3-5-11(15)9-20-16-13(17)7-12(18)8-14(16)19/h3-8,10,20H,9H2,1-2H3. The van der Waals surface area contributed by atoms with E-state index >= 15 is 0 Å². The molecule has 0 aliphatic rings. The summed E-state index contributed by atoms with van der Waals surface area (Å²) in [5.41, 5.74) is 0.948. The van der Waals surface area contributed by atoms with Gasteiger partial charge in [0.05, 0.1) is 16.8 Å². The van der Waals surface area contributed by atoms with E-state index < -0.39 is 11.6 Å². The lowest BCUT2D eigenvalue weighted by Crippen LogP contribution is -2.09. The lowest BCUT2D eigenvalue weighted by Gasteiger charge is -2.15. The molecule has 2 rings (SSSR count). The molecule has 2 nitrogen and oxygen atoms in total. The van der Waals surface area contributed by atoms with Gasteiger partial charge in [-0.05, 0) is 26.0 Å². The zero-order valence-corrected chi connectivity index (χ0v) is 12.5. The second-order valence-corrected chi connectivity index (χ2v) is 5.28. The molecule has 1 N–H and O–H groups in total. The monoisotopic (exact) mass is 311 g/mol. The molecule has 0 aromatic heterocycles. The van der Waals surface area contributed by atoms with Crippen LogP contribution in [0, 0.1) is 11.6 Å². The van der Waals surface area contributed by atoms with Gasteiger partial charge < -0.3 is 10.1 Å². The number of rotatable bonds is 5. The van der Waals surface area contributed by atoms with Crippen LogP contribution in [0.4, 0.5) is 14.5 Å². The maximum atomic E-state index is 13.7. The van der Waals surface area contributed by atoms with Gasteiger partial charge in [0, 0.05) is 18.2 Å². The Morgan fingerprint density at radius 2 is 1.90 bits per heavy atom. The lowest BCUT2D eigenvalue weighted by atomic mass is 10.2. The van der Waals surface area contributed by atoms with Gasteiger partial charge in [0.15, 0.2) is 5.82 Å². The van der Waals surface area contributed by atoms with E-state index in [2.05, 4.69) is 5.32 Å². The minimum atomic E-state index is -0.720. The maximum absolute atomic E-state index is 13.7. The van der Waals surface area contributed by atoms with Crippen molar-refractivity contribution in [1.82, 2.24) is 0 Å². The van der Waals surface area contributed by atoms with Gasteiger partial charge in [0.1, 0.15) is 11.6 Å². The minimum absolute atomic E-state index is 0.00904. The number of anilines is 1. The van der Waals surface area contributed by atoms with Crippen LogP contribution in [0.1, 0.15) is 19.4 Å². The van der Waals surface area contributed by atoms with E-state index in [9.17, 15) is 8.78 Å². The summed E-state index contributed by atoms with van der Waals surface area (Å²) < 4.78 is 32.4. The summed E-state index contributed by atoms with van der Waals surface area (Å²) in [5.74, 6) is -0.701. The predicted octanol–water partition coefficient (Wildman–Crippen LogP) is 5.02. The molecule has 0 saturated carbocycles. The van der Waals surface area contributed by atoms with Crippen molar-refractivity contribution < 1.29 is 13.5 Å². The van der Waals surface area contributed by atoms with Crippen LogP contribution in [0.3, 0.4) is 0 Å². The summed E-state index contributed by atoms with van der Waals surface area (Å²) in [7, 11) is 0. The fourth-order valence-electron chi connectivity index (χ4n) is 1.91. The molecule has 0 aliphatic carbocycles. The molecular weight excluding hydrogens is 296 g/mol. The lowest BCUT2D eigenvalue weighted by molar-refractivity contribution is 0.240. The molecule has 0 bridgehead atoms. The van der Waals surface area contributed by atoms with Crippen molar-refractivity contribution in [3.63, 3.8) is 0 Å². The van der Waals surface area contributed by atoms with E-state index in [1.54, 1.807) is 0 Å². The first kappa shape index (κ1) is 15.6. The van der Waals surface area contributed by atoms with E-state index in [1.807, 2.05) is 38.1 Å². The van der Waals surface area contributed by atoms with Crippen molar-refractivity contribution in [3.05, 3.63) is 58.6 Å². The normalized spacial score (nSPS) is 10.8. The number of para-hydroxylation sites is 1. The Labute approximate surface area is 127 Å². The molecule has 0 amide bonds. The maximum Gasteiger partial charge on any atom is 0.150 e. The van der Waals surface area contributed by atoms with E-state index in [1.165, 1.54) is 0 Å². The van der Waals surface area contributed by atoms with Crippen LogP contribution < -0.4 is 10.1 Å². The van der Waals surface area contributed by atoms with Crippen molar-refractivity contribution in [2.75, 3.05) is 5.32 Å². The summed E-state index contributed by atoms with van der Waals surface area (Å²) in [6, 6.07) is 9.33. The molecule has 21 heavy (non-hydrogen) atoms. The molecular formula is C16H16ClF2NO. The first-order chi connectivity index (χ1) is 9.97. The topological polar surface area (TPSA) is 21.3 Å². The van der Waals surface area contributed by atoms with Crippen molar-refractivity contribution in [2.45, 2.75) is 26.5 Å². The molecule has 0 atom stereocenters. The molecule has 0 saturated heterocycles. The van der Waals surface area contributed by atoms with Crippen LogP contribution in [-0.4, -0.2) is 6.10 Å². The SMILES string of the molecule is CC(C)Oc1ccccc1CNc1c(F)cc(F)cc1Cl. The van der Waals surface area contributed by atoms with Crippen LogP contribution in [0.25, 0.3) is 0 Å². The third-order valence-electron chi connectivity index (χ3n) is 2.80. The summed E-state index contributed by atoms with van der Waals surface area (Å²) in [6.07, 6.45) is 0.0392. The Kier molecular flexibility index (Phi) is 5.02. The second kappa shape index (κ2) is 6.76. The van der Waals surface area contributed by atoms with Gasteiger partial charge >= 0.3 is 0 Å². The van der Waals surface area contributed by atoms with Crippen LogP contribution in [0.15, 0.2) is 36.4 Å². The van der Waals surface area contributed by atoms with Crippen LogP contribution in [0.5, 0.6) is 5.75 Å². The predicted molar refractivity (Wildman–Crippen MR) is 80.9 cm³/mol. The molecule has 0 unspecified atom stereocenters. The van der Waals surface area contributed by atoms with Gasteiger partial charge in [0.25, 0.3) is 0 Å². The smallest absolute Gasteiger partial charge is 0.150 e. The Morgan fingerprint density at radius 1 is 1.19 bits per heavy atom. The summed E-state index contributed by atoms with van der Waals surface area (Å²) in [6.45, 7) is 4.19. The van der Waals surface area contributed by atoms with Gasteiger partial charge in [-0.15, -0.1) is 0 Å². The fourth-order valence-corrected chi connectivity index (χ4v) is 2.17. The van der Waals surface area contributed by atoms with Gasteiger partial charge in [-0.3, -0.25) is 0 Å². The third kappa shape index (κ3) is 4.08. The number of benzene rings is 2. The Hall–Kier alpha value is -1.81. The van der Waals surface area contributed by atoms with Crippen molar-refractivity contribution in [3.8, 4) is 5.75 Å². The molecule has 0 aliphatic heterocycles. The highest BCUT2D eigenvalue weighted by atomic mass is 35.5. The molecule has 0 heterocycles. The quantitative estimate of drug-likeness (QED) is 0.837. The summed E-state index contributed by atoms with van der Waals surface area (Å²) >= 11 is 5.85. The minimum Gasteiger partial charge on any atom is -0.491 e. The third-order valence-corrected chi connectivity index (χ3v) is 3.10. The summed E-state index contributed by atoms with van der Waals surface area (Å²) in [5, 5.41) is 2.89. The molecule has 0 spiro atoms. The van der Waals surface area contributed by atoms with Gasteiger partial charge in [-0.1, -0.05) is 29.8 Å². The molecule has 5 heteroatoms. The number of halogens is 3. The molecule has 2 aromatic rings. The van der Waals surface area contributed by atoms with E-state index in [-0.39, 0.29) is 16.8 Å². The van der Waals surface area contributed by atoms with E-state index in [0.29, 0.717) is 6.54 Å². The highest BCUT2D eigenvalue weighted by Gasteiger charge is 2.11. The number of nitrogens with one attached hydrogen (secondary N) is 1. The van der Waals surface area contributed by atoms with Crippen LogP contribution in [0.2, 0.25) is 5.02 Å². The number of hydrogen-bond acceptors (Lipinski definition) is 2. The average Bonchev–Trinajstić information content (AvgIpc) is 2.38. The fraction of sp³-hybridized carbons (Fsp3) is 0.250. The number of ether oxygens (including phenoxy) is 1. The van der Waals surface area contributed by atoms with Crippen LogP contribution in [-0.2, 0) is 6.54 Å². The first-order valence-electron chi connectivity index (χ1n) is 6.60. The Balaban J connectivity index is 2.17. The van der Waals surface area contributed by atoms with E-state index in [4.69, 9.17) is 16.3 Å². The Bertz CT molecular complexity index is 608. The van der Waals surface area contributed by atoms with Crippen molar-refractivity contribution >= 4 is 17.3 Å². The largest absolute Gasteiger partial charge is 0.491 e. The molecule has 2 aromatic carbocycles. The first-order valence-corrected chi connectivity index (χ1v) is 6.98. The van der Waals surface area contributed by atoms with Crippen molar-refractivity contribution in [2.24, 2.45) is 0 Å². The highest BCUT2D eigenvalue weighted by Crippen LogP contribution is 2.28. The average molecular weight is 312 g/mol. The van der Waals surface area contributed by atoms with Gasteiger partial charge in [-0.2, -0.15) is 0 Å². The zero-order chi connectivity index (χ0) is 15.4. The molecule has 0 radical (unpaired) electrons. The zero-order valence-electron chi connectivity index (χ0n) is 11.8. The summed E-state index contributed by atoms with van der Waals surface area (Å²) in [4.78, 5) is 0. The molecule has 0 fully saturated rings. The van der Waals surface area contributed by atoms with Gasteiger partial charge in [0.2, 0.25) is 0 Å². The van der Waals surface area contributed by atoms with E-state index in [0.717, 1.165) is 23.4 Å². The number of hydrogen-bond donors (Lipinski definition) is 1. The van der Waals surface area contributed by atoms with Crippen LogP contribution >= 0.6 is 11.6 Å². The van der Waals surface area contributed by atoms with Crippen molar-refractivity contribution in [1.29, 1.82) is 0 Å². The highest BCUT2D eigenvalue weighted by molar-refractivity contribution is 6.33. The second-order valence-electron chi connectivity index (χ2n) is 4.87. The Morgan fingerprint density at radius 3 is 2.57 bits per heavy atom. The molecule has 112 valence electrons. The van der Waals surface area contributed by atoms with Gasteiger partial charge in [-0.25, -0.2) is 8.78 Å².